The number of rotatable bonds is 9. The number of amides is 2. The lowest BCUT2D eigenvalue weighted by atomic mass is 10.1. The summed E-state index contributed by atoms with van der Waals surface area (Å²) in [6.45, 7) is 10.4. The molecule has 0 aromatic heterocycles. The summed E-state index contributed by atoms with van der Waals surface area (Å²) < 4.78 is 11.5. The maximum atomic E-state index is 12.2. The Morgan fingerprint density at radius 3 is 2.81 bits per heavy atom. The molecule has 2 rings (SSSR count). The van der Waals surface area contributed by atoms with Crippen LogP contribution in [0.25, 0.3) is 0 Å². The van der Waals surface area contributed by atoms with Crippen LogP contribution in [0, 0.1) is 0 Å². The van der Waals surface area contributed by atoms with Crippen molar-refractivity contribution < 1.29 is 19.1 Å². The summed E-state index contributed by atoms with van der Waals surface area (Å²) in [6.07, 6.45) is 0.139. The number of benzene rings is 1. The molecule has 0 unspecified atom stereocenters. The fourth-order valence-electron chi connectivity index (χ4n) is 2.92. The van der Waals surface area contributed by atoms with E-state index in [0.29, 0.717) is 44.3 Å². The molecular weight excluding hydrogens is 346 g/mol. The molecule has 1 atom stereocenters. The van der Waals surface area contributed by atoms with Crippen LogP contribution in [0.15, 0.2) is 30.4 Å². The minimum atomic E-state index is -0.478. The molecule has 1 aliphatic heterocycles. The van der Waals surface area contributed by atoms with E-state index in [1.807, 2.05) is 36.9 Å². The van der Waals surface area contributed by atoms with Crippen molar-refractivity contribution in [2.75, 3.05) is 33.4 Å². The molecule has 0 radical (unpaired) electrons. The minimum Gasteiger partial charge on any atom is -0.490 e. The Morgan fingerprint density at radius 2 is 2.15 bits per heavy atom. The second-order valence-electron chi connectivity index (χ2n) is 6.61. The number of nitrogens with zero attached hydrogens (tertiary/aromatic N) is 1. The van der Waals surface area contributed by atoms with Crippen LogP contribution in [0.2, 0.25) is 0 Å². The van der Waals surface area contributed by atoms with Crippen LogP contribution < -0.4 is 20.1 Å². The molecule has 1 heterocycles. The van der Waals surface area contributed by atoms with Gasteiger partial charge in [0.1, 0.15) is 6.61 Å². The Kier molecular flexibility index (Phi) is 7.67. The highest BCUT2D eigenvalue weighted by Crippen LogP contribution is 2.30. The van der Waals surface area contributed by atoms with Crippen LogP contribution in [0.4, 0.5) is 0 Å². The zero-order valence-electron chi connectivity index (χ0n) is 16.3. The predicted octanol–water partition coefficient (Wildman–Crippen LogP) is 1.48. The Balaban J connectivity index is 2.15. The van der Waals surface area contributed by atoms with Crippen LogP contribution in [0.3, 0.4) is 0 Å². The van der Waals surface area contributed by atoms with E-state index in [0.717, 1.165) is 11.1 Å². The maximum absolute atomic E-state index is 12.2. The van der Waals surface area contributed by atoms with E-state index >= 15 is 0 Å². The maximum Gasteiger partial charge on any atom is 0.237 e. The Labute approximate surface area is 160 Å². The molecule has 1 aromatic carbocycles. The van der Waals surface area contributed by atoms with E-state index < -0.39 is 6.04 Å². The average molecular weight is 375 g/mol. The SMILES string of the molecule is C=C(C)COc1ccc(CN2CCNC(=O)[C@@H]2CC(=O)NC)cc1OCC. The van der Waals surface area contributed by atoms with E-state index in [1.54, 1.807) is 7.05 Å². The topological polar surface area (TPSA) is 79.9 Å². The van der Waals surface area contributed by atoms with E-state index in [2.05, 4.69) is 17.2 Å². The van der Waals surface area contributed by atoms with Crippen molar-refractivity contribution in [1.82, 2.24) is 15.5 Å². The quantitative estimate of drug-likeness (QED) is 0.639. The number of hydrogen-bond donors (Lipinski definition) is 2. The van der Waals surface area contributed by atoms with Crippen LogP contribution in [-0.2, 0) is 16.1 Å². The summed E-state index contributed by atoms with van der Waals surface area (Å²) >= 11 is 0. The third-order valence-corrected chi connectivity index (χ3v) is 4.27. The van der Waals surface area contributed by atoms with Gasteiger partial charge in [0.05, 0.1) is 19.1 Å². The molecule has 1 fully saturated rings. The number of nitrogens with one attached hydrogen (secondary N) is 2. The molecular formula is C20H29N3O4. The van der Waals surface area contributed by atoms with Gasteiger partial charge in [-0.2, -0.15) is 0 Å². The molecule has 0 spiro atoms. The van der Waals surface area contributed by atoms with Crippen LogP contribution >= 0.6 is 0 Å². The lowest BCUT2D eigenvalue weighted by Gasteiger charge is -2.34. The van der Waals surface area contributed by atoms with Crippen molar-refractivity contribution in [1.29, 1.82) is 0 Å². The van der Waals surface area contributed by atoms with Gasteiger partial charge < -0.3 is 20.1 Å². The first-order chi connectivity index (χ1) is 12.9. The lowest BCUT2D eigenvalue weighted by molar-refractivity contribution is -0.134. The minimum absolute atomic E-state index is 0.115. The monoisotopic (exact) mass is 375 g/mol. The summed E-state index contributed by atoms with van der Waals surface area (Å²) in [7, 11) is 1.57. The Hall–Kier alpha value is -2.54. The highest BCUT2D eigenvalue weighted by Gasteiger charge is 2.31. The third-order valence-electron chi connectivity index (χ3n) is 4.27. The van der Waals surface area contributed by atoms with E-state index in [4.69, 9.17) is 9.47 Å². The fourth-order valence-corrected chi connectivity index (χ4v) is 2.92. The first-order valence-electron chi connectivity index (χ1n) is 9.19. The van der Waals surface area contributed by atoms with Crippen molar-refractivity contribution in [2.24, 2.45) is 0 Å². The highest BCUT2D eigenvalue weighted by molar-refractivity contribution is 5.88. The first-order valence-corrected chi connectivity index (χ1v) is 9.19. The van der Waals surface area contributed by atoms with Gasteiger partial charge in [-0.15, -0.1) is 0 Å². The molecule has 1 aliphatic rings. The molecule has 148 valence electrons. The zero-order valence-corrected chi connectivity index (χ0v) is 16.3. The number of hydrogen-bond acceptors (Lipinski definition) is 5. The fraction of sp³-hybridized carbons (Fsp3) is 0.500. The number of ether oxygens (including phenoxy) is 2. The summed E-state index contributed by atoms with van der Waals surface area (Å²) in [4.78, 5) is 26.0. The lowest BCUT2D eigenvalue weighted by Crippen LogP contribution is -2.55. The van der Waals surface area contributed by atoms with E-state index in [1.165, 1.54) is 0 Å². The molecule has 0 saturated carbocycles. The van der Waals surface area contributed by atoms with Crippen molar-refractivity contribution in [3.8, 4) is 11.5 Å². The second kappa shape index (κ2) is 9.97. The van der Waals surface area contributed by atoms with Gasteiger partial charge in [0.2, 0.25) is 11.8 Å². The summed E-state index contributed by atoms with van der Waals surface area (Å²) in [5.74, 6) is 1.07. The standard InChI is InChI=1S/C20H29N3O4/c1-5-26-18-10-15(6-7-17(18)27-13-14(2)3)12-23-9-8-22-20(25)16(23)11-19(24)21-4/h6-7,10,16H,2,5,8-9,11-13H2,1,3-4H3,(H,21,24)(H,22,25)/t16-/m0/s1. The molecule has 1 saturated heterocycles. The highest BCUT2D eigenvalue weighted by atomic mass is 16.5. The van der Waals surface area contributed by atoms with E-state index in [9.17, 15) is 9.59 Å². The Morgan fingerprint density at radius 1 is 1.37 bits per heavy atom. The molecule has 1 aromatic rings. The average Bonchev–Trinajstić information content (AvgIpc) is 2.64. The van der Waals surface area contributed by atoms with E-state index in [-0.39, 0.29) is 18.2 Å². The normalized spacial score (nSPS) is 17.1. The zero-order chi connectivity index (χ0) is 19.8. The number of carbonyl (C=O) groups excluding carboxylic acids is 2. The largest absolute Gasteiger partial charge is 0.490 e. The van der Waals surface area contributed by atoms with Crippen LogP contribution in [0.5, 0.6) is 11.5 Å². The molecule has 7 nitrogen and oxygen atoms in total. The molecule has 0 bridgehead atoms. The Bertz CT molecular complexity index is 690. The van der Waals surface area contributed by atoms with Gasteiger partial charge in [-0.3, -0.25) is 14.5 Å². The molecule has 0 aliphatic carbocycles. The van der Waals surface area contributed by atoms with Gasteiger partial charge in [0, 0.05) is 26.7 Å². The van der Waals surface area contributed by atoms with Crippen molar-refractivity contribution in [3.05, 3.63) is 35.9 Å². The van der Waals surface area contributed by atoms with Crippen LogP contribution in [-0.4, -0.2) is 56.1 Å². The van der Waals surface area contributed by atoms with Gasteiger partial charge in [-0.1, -0.05) is 12.6 Å². The number of piperazine rings is 1. The van der Waals surface area contributed by atoms with Crippen molar-refractivity contribution in [2.45, 2.75) is 32.9 Å². The summed E-state index contributed by atoms with van der Waals surface area (Å²) in [5.41, 5.74) is 1.93. The van der Waals surface area contributed by atoms with Crippen LogP contribution in [0.1, 0.15) is 25.8 Å². The third kappa shape index (κ3) is 5.99. The molecule has 2 amide bonds. The van der Waals surface area contributed by atoms with Crippen molar-refractivity contribution >= 4 is 11.8 Å². The summed E-state index contributed by atoms with van der Waals surface area (Å²) in [5, 5.41) is 5.42. The number of carbonyl (C=O) groups is 2. The molecule has 2 N–H and O–H groups in total. The van der Waals surface area contributed by atoms with Crippen molar-refractivity contribution in [3.63, 3.8) is 0 Å². The smallest absolute Gasteiger partial charge is 0.237 e. The van der Waals surface area contributed by atoms with Gasteiger partial charge in [-0.05, 0) is 37.1 Å². The first kappa shape index (κ1) is 20.8. The van der Waals surface area contributed by atoms with Gasteiger partial charge in [0.15, 0.2) is 11.5 Å². The summed E-state index contributed by atoms with van der Waals surface area (Å²) in [6, 6.07) is 5.29. The molecule has 7 heteroatoms. The van der Waals surface area contributed by atoms with Gasteiger partial charge in [-0.25, -0.2) is 0 Å². The predicted molar refractivity (Wildman–Crippen MR) is 104 cm³/mol. The van der Waals surface area contributed by atoms with Gasteiger partial charge in [0.25, 0.3) is 0 Å². The van der Waals surface area contributed by atoms with Gasteiger partial charge >= 0.3 is 0 Å². The second-order valence-corrected chi connectivity index (χ2v) is 6.61. The molecule has 27 heavy (non-hydrogen) atoms.